The summed E-state index contributed by atoms with van der Waals surface area (Å²) in [6.45, 7) is 6.77. The zero-order chi connectivity index (χ0) is 58.6. The minimum atomic E-state index is -4.71. The van der Waals surface area contributed by atoms with E-state index in [-0.39, 0.29) is 24.9 Å². The highest BCUT2D eigenvalue weighted by Crippen LogP contribution is 2.38. The molecule has 0 rings (SSSR count). The number of quaternary nitrogens is 1. The number of carbonyl (C=O) groups is 2. The third-order valence-corrected chi connectivity index (χ3v) is 15.2. The van der Waals surface area contributed by atoms with Gasteiger partial charge in [-0.3, -0.25) is 14.2 Å². The molecule has 0 heterocycles. The Balaban J connectivity index is 5.23. The molecular formula is C70H125N2O7P. The van der Waals surface area contributed by atoms with E-state index >= 15 is 0 Å². The van der Waals surface area contributed by atoms with Crippen LogP contribution < -0.4 is 10.2 Å². The zero-order valence-electron chi connectivity index (χ0n) is 52.8. The molecule has 0 aliphatic heterocycles. The Morgan fingerprint density at radius 3 is 1.16 bits per heavy atom. The Bertz CT molecular complexity index is 1690. The number of phosphoric acid groups is 1. The van der Waals surface area contributed by atoms with E-state index in [0.717, 1.165) is 122 Å². The predicted octanol–water partition coefficient (Wildman–Crippen LogP) is 20.1. The normalized spacial score (nSPS) is 14.2. The van der Waals surface area contributed by atoms with E-state index < -0.39 is 26.6 Å². The van der Waals surface area contributed by atoms with E-state index in [1.54, 1.807) is 0 Å². The summed E-state index contributed by atoms with van der Waals surface area (Å²) in [4.78, 5) is 40.1. The maximum absolute atomic E-state index is 13.6. The molecule has 1 N–H and O–H groups in total. The largest absolute Gasteiger partial charge is 0.756 e. The molecule has 9 nitrogen and oxygen atoms in total. The third-order valence-electron chi connectivity index (χ3n) is 14.2. The molecule has 0 aliphatic carbocycles. The lowest BCUT2D eigenvalue weighted by Gasteiger charge is -2.30. The number of hydrogen-bond donors (Lipinski definition) is 1. The number of hydrogen-bond acceptors (Lipinski definition) is 7. The number of nitrogens with zero attached hydrogens (tertiary/aromatic N) is 1. The average molecular weight is 1140 g/mol. The Hall–Kier alpha value is -3.07. The van der Waals surface area contributed by atoms with Gasteiger partial charge in [0.2, 0.25) is 5.91 Å². The van der Waals surface area contributed by atoms with Crippen LogP contribution >= 0.6 is 7.82 Å². The van der Waals surface area contributed by atoms with Crippen LogP contribution in [0.5, 0.6) is 0 Å². The van der Waals surface area contributed by atoms with Crippen molar-refractivity contribution in [2.45, 2.75) is 296 Å². The Morgan fingerprint density at radius 1 is 0.438 bits per heavy atom. The second-order valence-corrected chi connectivity index (χ2v) is 24.7. The first-order chi connectivity index (χ1) is 38.9. The van der Waals surface area contributed by atoms with Crippen molar-refractivity contribution in [2.24, 2.45) is 0 Å². The summed E-state index contributed by atoms with van der Waals surface area (Å²) < 4.78 is 30.4. The van der Waals surface area contributed by atoms with Gasteiger partial charge in [-0.25, -0.2) is 0 Å². The zero-order valence-corrected chi connectivity index (χ0v) is 53.7. The summed E-state index contributed by atoms with van der Waals surface area (Å²) in [5.41, 5.74) is 0. The van der Waals surface area contributed by atoms with Crippen molar-refractivity contribution in [1.29, 1.82) is 0 Å². The highest BCUT2D eigenvalue weighted by atomic mass is 31.2. The van der Waals surface area contributed by atoms with Crippen LogP contribution in [0.1, 0.15) is 284 Å². The van der Waals surface area contributed by atoms with Crippen molar-refractivity contribution in [3.8, 4) is 0 Å². The molecule has 10 heteroatoms. The van der Waals surface area contributed by atoms with E-state index in [4.69, 9.17) is 13.8 Å². The van der Waals surface area contributed by atoms with Gasteiger partial charge in [0.05, 0.1) is 33.8 Å². The molecule has 3 unspecified atom stereocenters. The van der Waals surface area contributed by atoms with Crippen molar-refractivity contribution < 1.29 is 37.3 Å². The van der Waals surface area contributed by atoms with Gasteiger partial charge in [-0.1, -0.05) is 253 Å². The molecule has 80 heavy (non-hydrogen) atoms. The van der Waals surface area contributed by atoms with Crippen LogP contribution in [-0.2, 0) is 27.9 Å². The van der Waals surface area contributed by atoms with Gasteiger partial charge in [0.15, 0.2) is 0 Å². The van der Waals surface area contributed by atoms with Crippen LogP contribution in [0.15, 0.2) is 97.2 Å². The highest BCUT2D eigenvalue weighted by Gasteiger charge is 2.27. The molecule has 0 saturated heterocycles. The molecule has 0 aromatic carbocycles. The molecule has 0 fully saturated rings. The summed E-state index contributed by atoms with van der Waals surface area (Å²) in [7, 11) is 1.16. The maximum atomic E-state index is 13.6. The molecule has 1 amide bonds. The number of allylic oxidation sites excluding steroid dienone is 15. The molecule has 462 valence electrons. The van der Waals surface area contributed by atoms with Crippen LogP contribution in [0.2, 0.25) is 0 Å². The van der Waals surface area contributed by atoms with E-state index in [9.17, 15) is 19.0 Å². The molecule has 0 aromatic rings. The predicted molar refractivity (Wildman–Crippen MR) is 344 cm³/mol. The fourth-order valence-electron chi connectivity index (χ4n) is 9.10. The van der Waals surface area contributed by atoms with Gasteiger partial charge in [0.25, 0.3) is 7.82 Å². The number of likely N-dealkylation sites (N-methyl/N-ethyl adjacent to an activating group) is 1. The number of carbonyl (C=O) groups excluding carboxylic acids is 2. The van der Waals surface area contributed by atoms with Gasteiger partial charge in [-0.05, 0) is 115 Å². The number of rotatable bonds is 59. The third kappa shape index (κ3) is 59.5. The number of nitrogens with one attached hydrogen (secondary N) is 1. The van der Waals surface area contributed by atoms with Crippen molar-refractivity contribution in [2.75, 3.05) is 40.9 Å². The SMILES string of the molecule is CCCCC/C=C\C/C=C\C/C=C\C/C=C\CCCCCCCCCC(=O)NC(COP(=O)([O-])OCC[N+](C)(C)C)C(/C=C\CCCCCCCCCCCC)OC(=O)CCCCCCCC/C=C\C/C=C\C/C=C\CCCCC. The lowest BCUT2D eigenvalue weighted by Crippen LogP contribution is -2.47. The number of ether oxygens (including phenoxy) is 1. The van der Waals surface area contributed by atoms with E-state index in [0.29, 0.717) is 23.9 Å². The molecule has 0 spiro atoms. The van der Waals surface area contributed by atoms with Gasteiger partial charge in [0.1, 0.15) is 19.3 Å². The summed E-state index contributed by atoms with van der Waals surface area (Å²) in [6, 6.07) is -0.906. The minimum absolute atomic E-state index is 0.0313. The lowest BCUT2D eigenvalue weighted by molar-refractivity contribution is -0.870. The molecule has 0 bridgehead atoms. The lowest BCUT2D eigenvalue weighted by atomic mass is 10.0. The molecule has 0 aliphatic rings. The van der Waals surface area contributed by atoms with Gasteiger partial charge >= 0.3 is 5.97 Å². The monoisotopic (exact) mass is 1140 g/mol. The molecule has 0 saturated carbocycles. The standard InChI is InChI=1S/C70H125N2O7P/c1-7-10-13-16-19-22-25-28-30-32-34-35-36-37-39-40-42-44-47-50-53-56-59-62-69(73)71-67(66-78-80(75,76)77-65-64-72(4,5)6)68(61-58-55-52-49-46-27-24-21-18-15-12-9-3)79-70(74)63-60-57-54-51-48-45-43-41-38-33-31-29-26-23-20-17-14-11-8-2/h19-20,22-23,28-31,34-35,37-39,41,58,61,67-68H,7-18,21,24-27,32-33,36,40,42-57,59-60,62-66H2,1-6H3,(H-,71,73,75,76)/b22-19-,23-20-,30-28-,31-29-,35-34-,39-37-,41-38-,61-58-. The first-order valence-electron chi connectivity index (χ1n) is 33.0. The summed E-state index contributed by atoms with van der Waals surface area (Å²) in [5.74, 6) is -0.569. The van der Waals surface area contributed by atoms with E-state index in [1.807, 2.05) is 33.3 Å². The van der Waals surface area contributed by atoms with Crippen LogP contribution in [0.3, 0.4) is 0 Å². The highest BCUT2D eigenvalue weighted by molar-refractivity contribution is 7.45. The number of phosphoric ester groups is 1. The van der Waals surface area contributed by atoms with Crippen molar-refractivity contribution in [3.05, 3.63) is 97.2 Å². The first-order valence-corrected chi connectivity index (χ1v) is 34.5. The van der Waals surface area contributed by atoms with Gasteiger partial charge in [-0.2, -0.15) is 0 Å². The number of esters is 1. The molecule has 0 radical (unpaired) electrons. The van der Waals surface area contributed by atoms with E-state index in [1.165, 1.54) is 122 Å². The fraction of sp³-hybridized carbons (Fsp3) is 0.743. The molecule has 3 atom stereocenters. The van der Waals surface area contributed by atoms with E-state index in [2.05, 4.69) is 111 Å². The molecular weight excluding hydrogens is 1010 g/mol. The summed E-state index contributed by atoms with van der Waals surface area (Å²) in [5, 5.41) is 3.03. The topological polar surface area (TPSA) is 114 Å². The maximum Gasteiger partial charge on any atom is 0.306 e. The van der Waals surface area contributed by atoms with Gasteiger partial charge in [0, 0.05) is 12.8 Å². The van der Waals surface area contributed by atoms with Crippen LogP contribution in [0.4, 0.5) is 0 Å². The quantitative estimate of drug-likeness (QED) is 0.0212. The van der Waals surface area contributed by atoms with Crippen molar-refractivity contribution in [3.63, 3.8) is 0 Å². The average Bonchev–Trinajstić information content (AvgIpc) is 3.42. The number of unbranched alkanes of at least 4 members (excludes halogenated alkanes) is 29. The molecule has 0 aromatic heterocycles. The fourth-order valence-corrected chi connectivity index (χ4v) is 9.82. The van der Waals surface area contributed by atoms with Crippen LogP contribution in [0.25, 0.3) is 0 Å². The Labute approximate surface area is 494 Å². The summed E-state index contributed by atoms with van der Waals surface area (Å²) >= 11 is 0. The second kappa shape index (κ2) is 59.1. The van der Waals surface area contributed by atoms with Crippen molar-refractivity contribution in [1.82, 2.24) is 5.32 Å². The summed E-state index contributed by atoms with van der Waals surface area (Å²) in [6.07, 6.45) is 79.4. The number of amides is 1. The van der Waals surface area contributed by atoms with Gasteiger partial charge < -0.3 is 28.5 Å². The van der Waals surface area contributed by atoms with Gasteiger partial charge in [-0.15, -0.1) is 0 Å². The Morgan fingerprint density at radius 2 is 0.762 bits per heavy atom. The van der Waals surface area contributed by atoms with Crippen LogP contribution in [0, 0.1) is 0 Å². The smallest absolute Gasteiger partial charge is 0.306 e. The second-order valence-electron chi connectivity index (χ2n) is 23.3. The van der Waals surface area contributed by atoms with Crippen molar-refractivity contribution >= 4 is 19.7 Å². The Kier molecular flexibility index (Phi) is 56.8. The first kappa shape index (κ1) is 76.9. The van der Waals surface area contributed by atoms with Crippen LogP contribution in [-0.4, -0.2) is 69.4 Å². The minimum Gasteiger partial charge on any atom is -0.756 e.